The van der Waals surface area contributed by atoms with E-state index in [4.69, 9.17) is 9.84 Å². The van der Waals surface area contributed by atoms with Crippen molar-refractivity contribution in [2.45, 2.75) is 19.3 Å². The van der Waals surface area contributed by atoms with Gasteiger partial charge in [0.25, 0.3) is 0 Å². The molecule has 3 nitrogen and oxygen atoms in total. The van der Waals surface area contributed by atoms with Crippen LogP contribution in [0, 0.1) is 0 Å². The summed E-state index contributed by atoms with van der Waals surface area (Å²) in [5, 5.41) is 8.39. The summed E-state index contributed by atoms with van der Waals surface area (Å²) < 4.78 is 4.70. The highest BCUT2D eigenvalue weighted by atomic mass is 16.5. The molecular formula is C8H14O3. The maximum absolute atomic E-state index is 10.7. The van der Waals surface area contributed by atoms with Gasteiger partial charge in [-0.15, -0.1) is 0 Å². The number of carbonyl (C=O) groups excluding carboxylic acids is 1. The van der Waals surface area contributed by atoms with Crippen molar-refractivity contribution in [1.82, 2.24) is 0 Å². The fourth-order valence-electron chi connectivity index (χ4n) is 0.605. The molecule has 0 aromatic carbocycles. The molecule has 0 aromatic rings. The van der Waals surface area contributed by atoms with Crippen molar-refractivity contribution in [2.24, 2.45) is 0 Å². The van der Waals surface area contributed by atoms with Gasteiger partial charge in [-0.05, 0) is 12.8 Å². The Hall–Kier alpha value is -0.830. The SMILES string of the molecule is C=CCOC(=O)CCCCO. The van der Waals surface area contributed by atoms with Crippen molar-refractivity contribution in [3.63, 3.8) is 0 Å². The van der Waals surface area contributed by atoms with Gasteiger partial charge in [0.2, 0.25) is 0 Å². The third kappa shape index (κ3) is 7.06. The van der Waals surface area contributed by atoms with Crippen LogP contribution in [-0.4, -0.2) is 24.3 Å². The van der Waals surface area contributed by atoms with Gasteiger partial charge in [0.05, 0.1) is 0 Å². The summed E-state index contributed by atoms with van der Waals surface area (Å²) in [6.07, 6.45) is 3.26. The van der Waals surface area contributed by atoms with E-state index < -0.39 is 0 Å². The highest BCUT2D eigenvalue weighted by Crippen LogP contribution is 1.96. The van der Waals surface area contributed by atoms with E-state index in [1.165, 1.54) is 6.08 Å². The molecule has 0 unspecified atom stereocenters. The molecule has 0 fully saturated rings. The Balaban J connectivity index is 3.15. The van der Waals surface area contributed by atoms with Crippen molar-refractivity contribution in [3.8, 4) is 0 Å². The summed E-state index contributed by atoms with van der Waals surface area (Å²) in [7, 11) is 0. The van der Waals surface area contributed by atoms with Crippen LogP contribution in [0.5, 0.6) is 0 Å². The molecule has 64 valence electrons. The van der Waals surface area contributed by atoms with E-state index in [9.17, 15) is 4.79 Å². The van der Waals surface area contributed by atoms with Crippen molar-refractivity contribution in [3.05, 3.63) is 12.7 Å². The molecule has 0 aromatic heterocycles. The van der Waals surface area contributed by atoms with Crippen LogP contribution in [0.2, 0.25) is 0 Å². The highest BCUT2D eigenvalue weighted by Gasteiger charge is 1.99. The molecule has 0 spiro atoms. The van der Waals surface area contributed by atoms with Crippen LogP contribution in [-0.2, 0) is 9.53 Å². The standard InChI is InChI=1S/C8H14O3/c1-2-7-11-8(10)5-3-4-6-9/h2,9H,1,3-7H2. The maximum Gasteiger partial charge on any atom is 0.306 e. The Bertz CT molecular complexity index is 121. The van der Waals surface area contributed by atoms with Gasteiger partial charge in [0, 0.05) is 13.0 Å². The minimum Gasteiger partial charge on any atom is -0.461 e. The second-order valence-electron chi connectivity index (χ2n) is 2.15. The topological polar surface area (TPSA) is 46.5 Å². The Labute approximate surface area is 66.7 Å². The lowest BCUT2D eigenvalue weighted by Crippen LogP contribution is -2.04. The summed E-state index contributed by atoms with van der Waals surface area (Å²) >= 11 is 0. The molecule has 0 saturated carbocycles. The summed E-state index contributed by atoms with van der Waals surface area (Å²) in [5.74, 6) is -0.224. The predicted molar refractivity (Wildman–Crippen MR) is 42.1 cm³/mol. The number of rotatable bonds is 6. The monoisotopic (exact) mass is 158 g/mol. The highest BCUT2D eigenvalue weighted by molar-refractivity contribution is 5.69. The van der Waals surface area contributed by atoms with Crippen LogP contribution in [0.1, 0.15) is 19.3 Å². The van der Waals surface area contributed by atoms with E-state index in [1.807, 2.05) is 0 Å². The van der Waals surface area contributed by atoms with Gasteiger partial charge < -0.3 is 9.84 Å². The minimum atomic E-state index is -0.224. The second kappa shape index (κ2) is 7.28. The molecule has 0 saturated heterocycles. The van der Waals surface area contributed by atoms with Crippen LogP contribution in [0.25, 0.3) is 0 Å². The third-order valence-corrected chi connectivity index (χ3v) is 1.15. The van der Waals surface area contributed by atoms with E-state index in [-0.39, 0.29) is 19.2 Å². The Morgan fingerprint density at radius 2 is 2.27 bits per heavy atom. The molecule has 11 heavy (non-hydrogen) atoms. The third-order valence-electron chi connectivity index (χ3n) is 1.15. The zero-order valence-corrected chi connectivity index (χ0v) is 6.58. The Morgan fingerprint density at radius 1 is 1.55 bits per heavy atom. The average molecular weight is 158 g/mol. The molecule has 0 aliphatic rings. The smallest absolute Gasteiger partial charge is 0.306 e. The minimum absolute atomic E-state index is 0.134. The molecule has 0 aliphatic carbocycles. The largest absolute Gasteiger partial charge is 0.461 e. The molecule has 1 N–H and O–H groups in total. The van der Waals surface area contributed by atoms with Gasteiger partial charge in [-0.1, -0.05) is 12.7 Å². The van der Waals surface area contributed by atoms with E-state index in [0.717, 1.165) is 0 Å². The van der Waals surface area contributed by atoms with Gasteiger partial charge >= 0.3 is 5.97 Å². The molecule has 0 atom stereocenters. The Kier molecular flexibility index (Phi) is 6.73. The van der Waals surface area contributed by atoms with Crippen molar-refractivity contribution < 1.29 is 14.6 Å². The lowest BCUT2D eigenvalue weighted by atomic mass is 10.2. The fraction of sp³-hybridized carbons (Fsp3) is 0.625. The molecule has 0 amide bonds. The van der Waals surface area contributed by atoms with Crippen LogP contribution in [0.3, 0.4) is 0 Å². The molecule has 0 heterocycles. The zero-order chi connectivity index (χ0) is 8.53. The number of aliphatic hydroxyl groups excluding tert-OH is 1. The van der Waals surface area contributed by atoms with Gasteiger partial charge in [-0.2, -0.15) is 0 Å². The molecule has 0 rings (SSSR count). The van der Waals surface area contributed by atoms with Gasteiger partial charge in [0.15, 0.2) is 0 Å². The first-order valence-electron chi connectivity index (χ1n) is 3.68. The van der Waals surface area contributed by atoms with Gasteiger partial charge in [-0.25, -0.2) is 0 Å². The number of unbranched alkanes of at least 4 members (excludes halogenated alkanes) is 1. The van der Waals surface area contributed by atoms with Crippen LogP contribution in [0.15, 0.2) is 12.7 Å². The lowest BCUT2D eigenvalue weighted by Gasteiger charge is -1.99. The zero-order valence-electron chi connectivity index (χ0n) is 6.58. The van der Waals surface area contributed by atoms with Gasteiger partial charge in [0.1, 0.15) is 6.61 Å². The normalized spacial score (nSPS) is 9.18. The predicted octanol–water partition coefficient (Wildman–Crippen LogP) is 0.878. The fourth-order valence-corrected chi connectivity index (χ4v) is 0.605. The first-order valence-corrected chi connectivity index (χ1v) is 3.68. The van der Waals surface area contributed by atoms with Gasteiger partial charge in [-0.3, -0.25) is 4.79 Å². The lowest BCUT2D eigenvalue weighted by molar-refractivity contribution is -0.142. The number of esters is 1. The number of hydrogen-bond acceptors (Lipinski definition) is 3. The van der Waals surface area contributed by atoms with E-state index in [2.05, 4.69) is 6.58 Å². The van der Waals surface area contributed by atoms with E-state index in [1.54, 1.807) is 0 Å². The number of ether oxygens (including phenoxy) is 1. The van der Waals surface area contributed by atoms with E-state index in [0.29, 0.717) is 19.3 Å². The quantitative estimate of drug-likeness (QED) is 0.354. The first-order chi connectivity index (χ1) is 5.31. The summed E-state index contributed by atoms with van der Waals surface area (Å²) in [6, 6.07) is 0. The average Bonchev–Trinajstić information content (AvgIpc) is 2.01. The number of carbonyl (C=O) groups is 1. The summed E-state index contributed by atoms with van der Waals surface area (Å²) in [6.45, 7) is 3.82. The molecule has 0 radical (unpaired) electrons. The molecule has 0 aliphatic heterocycles. The second-order valence-corrected chi connectivity index (χ2v) is 2.15. The molecule has 3 heteroatoms. The van der Waals surface area contributed by atoms with Crippen molar-refractivity contribution in [1.29, 1.82) is 0 Å². The van der Waals surface area contributed by atoms with Crippen molar-refractivity contribution in [2.75, 3.05) is 13.2 Å². The van der Waals surface area contributed by atoms with Crippen molar-refractivity contribution >= 4 is 5.97 Å². The molecular weight excluding hydrogens is 144 g/mol. The Morgan fingerprint density at radius 3 is 2.82 bits per heavy atom. The van der Waals surface area contributed by atoms with E-state index >= 15 is 0 Å². The maximum atomic E-state index is 10.7. The first kappa shape index (κ1) is 10.2. The van der Waals surface area contributed by atoms with Crippen LogP contribution < -0.4 is 0 Å². The summed E-state index contributed by atoms with van der Waals surface area (Å²) in [5.41, 5.74) is 0. The van der Waals surface area contributed by atoms with Crippen LogP contribution >= 0.6 is 0 Å². The molecule has 0 bridgehead atoms. The summed E-state index contributed by atoms with van der Waals surface area (Å²) in [4.78, 5) is 10.7. The van der Waals surface area contributed by atoms with Crippen LogP contribution in [0.4, 0.5) is 0 Å². The number of hydrogen-bond donors (Lipinski definition) is 1. The number of aliphatic hydroxyl groups is 1.